The zero-order valence-electron chi connectivity index (χ0n) is 14.1. The molecule has 3 heterocycles. The van der Waals surface area contributed by atoms with Gasteiger partial charge in [0.2, 0.25) is 5.95 Å². The van der Waals surface area contributed by atoms with Gasteiger partial charge in [0.25, 0.3) is 0 Å². The van der Waals surface area contributed by atoms with Gasteiger partial charge in [-0.25, -0.2) is 14.6 Å². The summed E-state index contributed by atoms with van der Waals surface area (Å²) in [5, 5.41) is 8.67. The number of hydrogen-bond acceptors (Lipinski definition) is 6. The molecule has 1 aromatic carbocycles. The molecule has 7 heteroatoms. The molecule has 0 aliphatic carbocycles. The Kier molecular flexibility index (Phi) is 4.28. The number of aromatic nitrogens is 5. The quantitative estimate of drug-likeness (QED) is 0.729. The van der Waals surface area contributed by atoms with Gasteiger partial charge < -0.3 is 9.64 Å². The van der Waals surface area contributed by atoms with Crippen molar-refractivity contribution in [2.24, 2.45) is 0 Å². The van der Waals surface area contributed by atoms with E-state index in [2.05, 4.69) is 25.2 Å². The van der Waals surface area contributed by atoms with Gasteiger partial charge in [0.05, 0.1) is 19.3 Å². The highest BCUT2D eigenvalue weighted by atomic mass is 16.5. The molecule has 0 saturated carbocycles. The Balaban J connectivity index is 1.43. The van der Waals surface area contributed by atoms with E-state index in [1.165, 1.54) is 0 Å². The Hall–Kier alpha value is -2.96. The standard InChI is InChI=1S/C18H20N6O/c1-25-16-5-3-14(4-6-16)17-13-24(22-21-17)15-7-11-23(12-8-15)18-19-9-2-10-20-18/h2-6,9-10,13,15H,7-8,11-12H2,1H3. The average molecular weight is 336 g/mol. The third-order valence-electron chi connectivity index (χ3n) is 4.57. The summed E-state index contributed by atoms with van der Waals surface area (Å²) in [4.78, 5) is 10.9. The van der Waals surface area contributed by atoms with Crippen LogP contribution in [0.3, 0.4) is 0 Å². The molecule has 3 aromatic rings. The second-order valence-electron chi connectivity index (χ2n) is 6.08. The zero-order valence-corrected chi connectivity index (χ0v) is 14.1. The lowest BCUT2D eigenvalue weighted by Gasteiger charge is -2.31. The van der Waals surface area contributed by atoms with Crippen LogP contribution in [0, 0.1) is 0 Å². The van der Waals surface area contributed by atoms with Gasteiger partial charge >= 0.3 is 0 Å². The van der Waals surface area contributed by atoms with E-state index in [4.69, 9.17) is 4.74 Å². The second-order valence-corrected chi connectivity index (χ2v) is 6.08. The van der Waals surface area contributed by atoms with Crippen LogP contribution in [0.5, 0.6) is 5.75 Å². The Labute approximate surface area is 146 Å². The molecular weight excluding hydrogens is 316 g/mol. The molecule has 1 fully saturated rings. The molecule has 0 unspecified atom stereocenters. The Morgan fingerprint density at radius 3 is 2.44 bits per heavy atom. The van der Waals surface area contributed by atoms with E-state index in [1.54, 1.807) is 19.5 Å². The highest BCUT2D eigenvalue weighted by Crippen LogP contribution is 2.26. The maximum absolute atomic E-state index is 5.20. The molecule has 0 bridgehead atoms. The van der Waals surface area contributed by atoms with Gasteiger partial charge in [-0.05, 0) is 43.2 Å². The van der Waals surface area contributed by atoms with E-state index in [-0.39, 0.29) is 0 Å². The summed E-state index contributed by atoms with van der Waals surface area (Å²) in [7, 11) is 1.66. The van der Waals surface area contributed by atoms with E-state index < -0.39 is 0 Å². The maximum atomic E-state index is 5.20. The lowest BCUT2D eigenvalue weighted by atomic mass is 10.1. The first kappa shape index (κ1) is 15.6. The number of piperidine rings is 1. The number of hydrogen-bond donors (Lipinski definition) is 0. The van der Waals surface area contributed by atoms with Crippen molar-refractivity contribution in [2.75, 3.05) is 25.1 Å². The topological polar surface area (TPSA) is 69.0 Å². The minimum absolute atomic E-state index is 0.361. The number of benzene rings is 1. The highest BCUT2D eigenvalue weighted by Gasteiger charge is 2.23. The van der Waals surface area contributed by atoms with Crippen molar-refractivity contribution >= 4 is 5.95 Å². The summed E-state index contributed by atoms with van der Waals surface area (Å²) in [5.41, 5.74) is 1.93. The minimum Gasteiger partial charge on any atom is -0.497 e. The first-order chi connectivity index (χ1) is 12.3. The van der Waals surface area contributed by atoms with Gasteiger partial charge in [-0.3, -0.25) is 0 Å². The second kappa shape index (κ2) is 6.88. The fourth-order valence-electron chi connectivity index (χ4n) is 3.13. The fourth-order valence-corrected chi connectivity index (χ4v) is 3.13. The summed E-state index contributed by atoms with van der Waals surface area (Å²) < 4.78 is 7.18. The van der Waals surface area contributed by atoms with Crippen LogP contribution >= 0.6 is 0 Å². The van der Waals surface area contributed by atoms with Crippen molar-refractivity contribution in [2.45, 2.75) is 18.9 Å². The molecule has 4 rings (SSSR count). The predicted octanol–water partition coefficient (Wildman–Crippen LogP) is 2.59. The normalized spacial score (nSPS) is 15.3. The van der Waals surface area contributed by atoms with Gasteiger partial charge in [0.1, 0.15) is 11.4 Å². The summed E-state index contributed by atoms with van der Waals surface area (Å²) >= 11 is 0. The van der Waals surface area contributed by atoms with Crippen LogP contribution in [0.4, 0.5) is 5.95 Å². The van der Waals surface area contributed by atoms with Gasteiger partial charge in [0, 0.05) is 31.0 Å². The number of ether oxygens (including phenoxy) is 1. The monoisotopic (exact) mass is 336 g/mol. The van der Waals surface area contributed by atoms with Crippen molar-refractivity contribution in [3.05, 3.63) is 48.9 Å². The fraction of sp³-hybridized carbons (Fsp3) is 0.333. The lowest BCUT2D eigenvalue weighted by molar-refractivity contribution is 0.358. The van der Waals surface area contributed by atoms with Crippen LogP contribution in [-0.4, -0.2) is 45.2 Å². The summed E-state index contributed by atoms with van der Waals surface area (Å²) in [5.74, 6) is 1.64. The molecule has 7 nitrogen and oxygen atoms in total. The van der Waals surface area contributed by atoms with Gasteiger partial charge in [-0.15, -0.1) is 5.10 Å². The van der Waals surface area contributed by atoms with Crippen LogP contribution in [0.25, 0.3) is 11.3 Å². The van der Waals surface area contributed by atoms with Crippen molar-refractivity contribution in [1.82, 2.24) is 25.0 Å². The van der Waals surface area contributed by atoms with E-state index in [9.17, 15) is 0 Å². The first-order valence-electron chi connectivity index (χ1n) is 8.42. The average Bonchev–Trinajstić information content (AvgIpc) is 3.19. The smallest absolute Gasteiger partial charge is 0.225 e. The SMILES string of the molecule is COc1ccc(-c2cn(C3CCN(c4ncccn4)CC3)nn2)cc1. The summed E-state index contributed by atoms with van der Waals surface area (Å²) in [6, 6.07) is 10.1. The number of methoxy groups -OCH3 is 1. The number of nitrogens with zero attached hydrogens (tertiary/aromatic N) is 6. The van der Waals surface area contributed by atoms with Crippen LogP contribution in [0.1, 0.15) is 18.9 Å². The molecule has 0 radical (unpaired) electrons. The third kappa shape index (κ3) is 3.31. The number of anilines is 1. The Morgan fingerprint density at radius 2 is 1.76 bits per heavy atom. The van der Waals surface area contributed by atoms with Crippen LogP contribution in [0.2, 0.25) is 0 Å². The summed E-state index contributed by atoms with van der Waals surface area (Å²) in [6.45, 7) is 1.85. The van der Waals surface area contributed by atoms with Gasteiger partial charge in [-0.1, -0.05) is 5.21 Å². The van der Waals surface area contributed by atoms with E-state index in [1.807, 2.05) is 41.2 Å². The molecule has 0 spiro atoms. The highest BCUT2D eigenvalue weighted by molar-refractivity contribution is 5.58. The zero-order chi connectivity index (χ0) is 17.1. The molecule has 1 aliphatic rings. The van der Waals surface area contributed by atoms with Crippen molar-refractivity contribution < 1.29 is 4.74 Å². The van der Waals surface area contributed by atoms with Gasteiger partial charge in [0.15, 0.2) is 0 Å². The molecule has 2 aromatic heterocycles. The Morgan fingerprint density at radius 1 is 1.04 bits per heavy atom. The van der Waals surface area contributed by atoms with Gasteiger partial charge in [-0.2, -0.15) is 0 Å². The molecule has 1 saturated heterocycles. The van der Waals surface area contributed by atoms with Crippen molar-refractivity contribution in [3.63, 3.8) is 0 Å². The molecule has 25 heavy (non-hydrogen) atoms. The van der Waals surface area contributed by atoms with Crippen molar-refractivity contribution in [3.8, 4) is 17.0 Å². The summed E-state index contributed by atoms with van der Waals surface area (Å²) in [6.07, 6.45) is 7.61. The molecule has 1 aliphatic heterocycles. The lowest BCUT2D eigenvalue weighted by Crippen LogP contribution is -2.35. The molecule has 0 amide bonds. The predicted molar refractivity (Wildman–Crippen MR) is 94.5 cm³/mol. The van der Waals surface area contributed by atoms with Crippen molar-refractivity contribution in [1.29, 1.82) is 0 Å². The largest absolute Gasteiger partial charge is 0.497 e. The molecule has 0 N–H and O–H groups in total. The van der Waals surface area contributed by atoms with E-state index in [0.717, 1.165) is 48.9 Å². The molecular formula is C18H20N6O. The third-order valence-corrected chi connectivity index (χ3v) is 4.57. The Bertz CT molecular complexity index is 809. The van der Waals surface area contributed by atoms with E-state index >= 15 is 0 Å². The van der Waals surface area contributed by atoms with Crippen LogP contribution < -0.4 is 9.64 Å². The minimum atomic E-state index is 0.361. The molecule has 128 valence electrons. The first-order valence-corrected chi connectivity index (χ1v) is 8.42. The van der Waals surface area contributed by atoms with Crippen LogP contribution in [0.15, 0.2) is 48.9 Å². The maximum Gasteiger partial charge on any atom is 0.225 e. The van der Waals surface area contributed by atoms with E-state index in [0.29, 0.717) is 6.04 Å². The number of rotatable bonds is 4. The van der Waals surface area contributed by atoms with Crippen LogP contribution in [-0.2, 0) is 0 Å². The molecule has 0 atom stereocenters.